The molecule has 0 saturated carbocycles. The van der Waals surface area contributed by atoms with Gasteiger partial charge in [0, 0.05) is 34.3 Å². The van der Waals surface area contributed by atoms with Crippen LogP contribution < -0.4 is 0 Å². The first-order chi connectivity index (χ1) is 19.6. The topological polar surface area (TPSA) is 25.8 Å². The lowest BCUT2D eigenvalue weighted by molar-refractivity contribution is 1.33. The Morgan fingerprint density at radius 3 is 1.25 bits per heavy atom. The van der Waals surface area contributed by atoms with Gasteiger partial charge in [0.1, 0.15) is 0 Å². The van der Waals surface area contributed by atoms with Gasteiger partial charge in [-0.05, 0) is 95.8 Å². The lowest BCUT2D eigenvalue weighted by Gasteiger charge is -2.01. The molecule has 0 aliphatic rings. The minimum absolute atomic E-state index is 0.992. The summed E-state index contributed by atoms with van der Waals surface area (Å²) in [5.41, 5.74) is 10.9. The second-order valence-electron chi connectivity index (χ2n) is 10.1. The Morgan fingerprint density at radius 1 is 0.450 bits per heavy atom. The molecule has 190 valence electrons. The Balaban J connectivity index is 1.09. The van der Waals surface area contributed by atoms with Crippen molar-refractivity contribution in [3.63, 3.8) is 0 Å². The van der Waals surface area contributed by atoms with E-state index in [1.54, 1.807) is 0 Å². The van der Waals surface area contributed by atoms with Gasteiger partial charge in [-0.2, -0.15) is 0 Å². The summed E-state index contributed by atoms with van der Waals surface area (Å²) in [6.45, 7) is 4.13. The highest BCUT2D eigenvalue weighted by Gasteiger charge is 1.98. The Morgan fingerprint density at radius 2 is 0.825 bits per heavy atom. The largest absolute Gasteiger partial charge is 0.256 e. The molecule has 0 N–H and O–H groups in total. The molecule has 0 radical (unpaired) electrons. The third-order valence-corrected chi connectivity index (χ3v) is 6.80. The van der Waals surface area contributed by atoms with Gasteiger partial charge in [0.05, 0.1) is 11.0 Å². The smallest absolute Gasteiger partial charge is 0.0708 e. The molecule has 0 fully saturated rings. The fourth-order valence-electron chi connectivity index (χ4n) is 4.59. The monoisotopic (exact) mass is 512 g/mol. The molecule has 0 spiro atoms. The fraction of sp³-hybridized carbons (Fsp3) is 0.0526. The first kappa shape index (κ1) is 25.0. The summed E-state index contributed by atoms with van der Waals surface area (Å²) in [5, 5.41) is 2.33. The van der Waals surface area contributed by atoms with E-state index in [4.69, 9.17) is 0 Å². The number of aryl methyl sites for hydroxylation is 2. The lowest BCUT2D eigenvalue weighted by atomic mass is 10.1. The molecular weight excluding hydrogens is 484 g/mol. The molecule has 4 aromatic carbocycles. The number of rotatable bonds is 4. The highest BCUT2D eigenvalue weighted by molar-refractivity contribution is 5.84. The number of benzene rings is 4. The van der Waals surface area contributed by atoms with Crippen LogP contribution in [0.4, 0.5) is 0 Å². The van der Waals surface area contributed by atoms with Crippen LogP contribution >= 0.6 is 0 Å². The zero-order chi connectivity index (χ0) is 27.3. The van der Waals surface area contributed by atoms with Gasteiger partial charge in [-0.3, -0.25) is 9.97 Å². The second-order valence-corrected chi connectivity index (χ2v) is 10.1. The summed E-state index contributed by atoms with van der Waals surface area (Å²) in [7, 11) is 0. The van der Waals surface area contributed by atoms with Crippen LogP contribution in [0.5, 0.6) is 0 Å². The zero-order valence-corrected chi connectivity index (χ0v) is 22.6. The zero-order valence-electron chi connectivity index (χ0n) is 22.6. The summed E-state index contributed by atoms with van der Waals surface area (Å²) in [6.07, 6.45) is 12.3. The van der Waals surface area contributed by atoms with Crippen LogP contribution in [-0.4, -0.2) is 9.97 Å². The molecule has 0 aliphatic carbocycles. The molecule has 0 saturated heterocycles. The van der Waals surface area contributed by atoms with Crippen LogP contribution in [0.1, 0.15) is 44.5 Å². The average molecular weight is 513 g/mol. The van der Waals surface area contributed by atoms with E-state index >= 15 is 0 Å². The number of hydrogen-bond donors (Lipinski definition) is 0. The predicted octanol–water partition coefficient (Wildman–Crippen LogP) is 9.14. The molecule has 0 bridgehead atoms. The van der Waals surface area contributed by atoms with Crippen molar-refractivity contribution in [2.75, 3.05) is 0 Å². The molecule has 6 aromatic rings. The third kappa shape index (κ3) is 6.07. The van der Waals surface area contributed by atoms with E-state index in [2.05, 4.69) is 157 Å². The van der Waals surface area contributed by atoms with Gasteiger partial charge in [0.25, 0.3) is 0 Å². The summed E-state index contributed by atoms with van der Waals surface area (Å²) in [5.74, 6) is 6.56. The van der Waals surface area contributed by atoms with Gasteiger partial charge < -0.3 is 0 Å². The van der Waals surface area contributed by atoms with Crippen LogP contribution in [0, 0.1) is 25.7 Å². The van der Waals surface area contributed by atoms with Gasteiger partial charge in [0.2, 0.25) is 0 Å². The first-order valence-corrected chi connectivity index (χ1v) is 13.4. The Hall–Kier alpha value is -5.26. The second kappa shape index (κ2) is 11.2. The standard InChI is InChI=1S/C38H28N2/c1-27-21-35-19-17-33(23-37(35)39-25-27)15-13-31-9-5-29(6-10-31)3-4-30-7-11-32(12-8-30)14-16-34-18-20-36-22-28(2)26-40-38(36)24-34/h5-26H,1-2H3/b15-13+,16-14+. The summed E-state index contributed by atoms with van der Waals surface area (Å²) in [6, 6.07) is 33.7. The molecule has 2 nitrogen and oxygen atoms in total. The quantitative estimate of drug-likeness (QED) is 0.174. The fourth-order valence-corrected chi connectivity index (χ4v) is 4.59. The van der Waals surface area contributed by atoms with E-state index in [1.165, 1.54) is 21.9 Å². The van der Waals surface area contributed by atoms with Crippen LogP contribution in [0.2, 0.25) is 0 Å². The Kier molecular flexibility index (Phi) is 7.03. The Bertz CT molecular complexity index is 1810. The molecule has 0 atom stereocenters. The predicted molar refractivity (Wildman–Crippen MR) is 170 cm³/mol. The molecule has 2 aromatic heterocycles. The van der Waals surface area contributed by atoms with Crippen molar-refractivity contribution < 1.29 is 0 Å². The van der Waals surface area contributed by atoms with Gasteiger partial charge in [0.15, 0.2) is 0 Å². The number of aromatic nitrogens is 2. The molecule has 2 heterocycles. The number of nitrogens with zero attached hydrogens (tertiary/aromatic N) is 2. The number of hydrogen-bond acceptors (Lipinski definition) is 2. The number of fused-ring (bicyclic) bond motifs is 2. The van der Waals surface area contributed by atoms with Crippen molar-refractivity contribution in [3.05, 3.63) is 154 Å². The highest BCUT2D eigenvalue weighted by atomic mass is 14.7. The molecule has 40 heavy (non-hydrogen) atoms. The molecular formula is C38H28N2. The highest BCUT2D eigenvalue weighted by Crippen LogP contribution is 2.19. The minimum Gasteiger partial charge on any atom is -0.256 e. The van der Waals surface area contributed by atoms with E-state index in [9.17, 15) is 0 Å². The van der Waals surface area contributed by atoms with Crippen molar-refractivity contribution in [2.45, 2.75) is 13.8 Å². The summed E-state index contributed by atoms with van der Waals surface area (Å²) >= 11 is 0. The summed E-state index contributed by atoms with van der Waals surface area (Å²) in [4.78, 5) is 9.07. The van der Waals surface area contributed by atoms with Crippen LogP contribution in [-0.2, 0) is 0 Å². The van der Waals surface area contributed by atoms with Crippen molar-refractivity contribution >= 4 is 46.1 Å². The molecule has 0 unspecified atom stereocenters. The minimum atomic E-state index is 0.992. The van der Waals surface area contributed by atoms with E-state index in [0.29, 0.717) is 0 Å². The maximum Gasteiger partial charge on any atom is 0.0708 e. The van der Waals surface area contributed by atoms with E-state index in [-0.39, 0.29) is 0 Å². The van der Waals surface area contributed by atoms with Gasteiger partial charge in [-0.15, -0.1) is 0 Å². The molecule has 6 rings (SSSR count). The van der Waals surface area contributed by atoms with Crippen LogP contribution in [0.3, 0.4) is 0 Å². The van der Waals surface area contributed by atoms with E-state index in [0.717, 1.165) is 44.4 Å². The van der Waals surface area contributed by atoms with Gasteiger partial charge >= 0.3 is 0 Å². The summed E-state index contributed by atoms with van der Waals surface area (Å²) < 4.78 is 0. The molecule has 0 aliphatic heterocycles. The Labute approximate surface area is 235 Å². The van der Waals surface area contributed by atoms with Crippen LogP contribution in [0.15, 0.2) is 109 Å². The number of pyridine rings is 2. The van der Waals surface area contributed by atoms with Crippen molar-refractivity contribution in [1.82, 2.24) is 9.97 Å². The van der Waals surface area contributed by atoms with Crippen molar-refractivity contribution in [2.24, 2.45) is 0 Å². The van der Waals surface area contributed by atoms with E-state index in [1.807, 2.05) is 12.4 Å². The first-order valence-electron chi connectivity index (χ1n) is 13.4. The SMILES string of the molecule is Cc1cnc2cc(/C=C/c3ccc(C#Cc4ccc(/C=C/c5ccc6cc(C)cnc6c5)cc4)cc3)ccc2c1. The normalized spacial score (nSPS) is 11.3. The van der Waals surface area contributed by atoms with Crippen molar-refractivity contribution in [1.29, 1.82) is 0 Å². The van der Waals surface area contributed by atoms with Crippen molar-refractivity contribution in [3.8, 4) is 11.8 Å². The average Bonchev–Trinajstić information content (AvgIpc) is 2.99. The van der Waals surface area contributed by atoms with Crippen LogP contribution in [0.25, 0.3) is 46.1 Å². The lowest BCUT2D eigenvalue weighted by Crippen LogP contribution is -1.82. The van der Waals surface area contributed by atoms with Gasteiger partial charge in [-0.1, -0.05) is 84.7 Å². The maximum atomic E-state index is 4.54. The molecule has 0 amide bonds. The van der Waals surface area contributed by atoms with E-state index < -0.39 is 0 Å². The third-order valence-electron chi connectivity index (χ3n) is 6.80. The van der Waals surface area contributed by atoms with Gasteiger partial charge in [-0.25, -0.2) is 0 Å². The maximum absolute atomic E-state index is 4.54. The molecule has 2 heteroatoms.